The molecule has 0 atom stereocenters. The number of rotatable bonds is 1. The van der Waals surface area contributed by atoms with E-state index < -0.39 is 0 Å². The summed E-state index contributed by atoms with van der Waals surface area (Å²) >= 11 is 0. The summed E-state index contributed by atoms with van der Waals surface area (Å²) in [5, 5.41) is 2.78. The summed E-state index contributed by atoms with van der Waals surface area (Å²) in [6.45, 7) is 6.58. The van der Waals surface area contributed by atoms with Crippen LogP contribution in [0.25, 0.3) is 10.8 Å². The predicted molar refractivity (Wildman–Crippen MR) is 62.8 cm³/mol. The van der Waals surface area contributed by atoms with E-state index in [9.17, 15) is 0 Å². The Morgan fingerprint density at radius 2 is 1.71 bits per heavy atom. The van der Waals surface area contributed by atoms with Crippen LogP contribution in [0.1, 0.15) is 23.6 Å². The van der Waals surface area contributed by atoms with Crippen molar-refractivity contribution in [3.8, 4) is 0 Å². The first-order chi connectivity index (χ1) is 6.72. The fraction of sp³-hybridized carbons (Fsp3) is 0.286. The standard InChI is InChI=1S/C14H16/c1-4-13-11(3)6-8-12-7-5-10(2)9-14(12)13/h5-9H,4H2,1-3H3. The molecule has 0 fully saturated rings. The smallest absolute Gasteiger partial charge is 0.0147 e. The van der Waals surface area contributed by atoms with Crippen LogP contribution in [0.3, 0.4) is 0 Å². The van der Waals surface area contributed by atoms with E-state index in [-0.39, 0.29) is 0 Å². The van der Waals surface area contributed by atoms with E-state index in [1.165, 1.54) is 27.5 Å². The van der Waals surface area contributed by atoms with E-state index >= 15 is 0 Å². The normalized spacial score (nSPS) is 10.8. The highest BCUT2D eigenvalue weighted by Gasteiger charge is 2.02. The topological polar surface area (TPSA) is 0 Å². The molecular formula is C14H16. The van der Waals surface area contributed by atoms with Crippen molar-refractivity contribution in [2.75, 3.05) is 0 Å². The van der Waals surface area contributed by atoms with Crippen LogP contribution in [0.15, 0.2) is 30.3 Å². The van der Waals surface area contributed by atoms with Gasteiger partial charge in [0.15, 0.2) is 0 Å². The van der Waals surface area contributed by atoms with Gasteiger partial charge in [-0.1, -0.05) is 42.8 Å². The van der Waals surface area contributed by atoms with Crippen molar-refractivity contribution in [2.24, 2.45) is 0 Å². The van der Waals surface area contributed by atoms with Gasteiger partial charge < -0.3 is 0 Å². The summed E-state index contributed by atoms with van der Waals surface area (Å²) in [6, 6.07) is 11.1. The molecule has 0 saturated heterocycles. The quantitative estimate of drug-likeness (QED) is 0.628. The molecule has 0 aromatic heterocycles. The maximum Gasteiger partial charge on any atom is -0.0147 e. The molecule has 0 saturated carbocycles. The highest BCUT2D eigenvalue weighted by molar-refractivity contribution is 5.87. The van der Waals surface area contributed by atoms with Gasteiger partial charge in [0.05, 0.1) is 0 Å². The van der Waals surface area contributed by atoms with Crippen LogP contribution in [0.5, 0.6) is 0 Å². The average molecular weight is 184 g/mol. The molecule has 0 spiro atoms. The summed E-state index contributed by atoms with van der Waals surface area (Å²) in [7, 11) is 0. The molecule has 0 N–H and O–H groups in total. The van der Waals surface area contributed by atoms with Gasteiger partial charge in [-0.25, -0.2) is 0 Å². The van der Waals surface area contributed by atoms with E-state index in [1.807, 2.05) is 0 Å². The molecule has 0 aliphatic heterocycles. The number of aryl methyl sites for hydroxylation is 3. The molecule has 0 heterocycles. The zero-order chi connectivity index (χ0) is 10.1. The Hall–Kier alpha value is -1.30. The Balaban J connectivity index is 2.84. The molecular weight excluding hydrogens is 168 g/mol. The zero-order valence-corrected chi connectivity index (χ0v) is 9.09. The molecule has 0 unspecified atom stereocenters. The van der Waals surface area contributed by atoms with Crippen LogP contribution in [-0.2, 0) is 6.42 Å². The first kappa shape index (κ1) is 9.26. The molecule has 0 aliphatic rings. The van der Waals surface area contributed by atoms with Gasteiger partial charge in [0.25, 0.3) is 0 Å². The third kappa shape index (κ3) is 1.41. The van der Waals surface area contributed by atoms with Crippen molar-refractivity contribution in [3.05, 3.63) is 47.0 Å². The van der Waals surface area contributed by atoms with Gasteiger partial charge in [-0.05, 0) is 42.2 Å². The largest absolute Gasteiger partial charge is 0.0613 e. The Morgan fingerprint density at radius 3 is 2.43 bits per heavy atom. The molecule has 2 aromatic rings. The maximum absolute atomic E-state index is 2.29. The molecule has 0 radical (unpaired) electrons. The van der Waals surface area contributed by atoms with Crippen molar-refractivity contribution in [2.45, 2.75) is 27.2 Å². The van der Waals surface area contributed by atoms with Gasteiger partial charge in [-0.2, -0.15) is 0 Å². The monoisotopic (exact) mass is 184 g/mol. The maximum atomic E-state index is 2.29. The second kappa shape index (κ2) is 3.45. The van der Waals surface area contributed by atoms with Gasteiger partial charge in [-0.15, -0.1) is 0 Å². The number of hydrogen-bond donors (Lipinski definition) is 0. The van der Waals surface area contributed by atoms with E-state index in [1.54, 1.807) is 0 Å². The van der Waals surface area contributed by atoms with E-state index in [0.717, 1.165) is 6.42 Å². The van der Waals surface area contributed by atoms with Crippen molar-refractivity contribution in [3.63, 3.8) is 0 Å². The Labute approximate surface area is 85.6 Å². The first-order valence-corrected chi connectivity index (χ1v) is 5.21. The fourth-order valence-electron chi connectivity index (χ4n) is 2.07. The summed E-state index contributed by atoms with van der Waals surface area (Å²) in [5.41, 5.74) is 4.24. The van der Waals surface area contributed by atoms with Crippen LogP contribution in [0, 0.1) is 13.8 Å². The third-order valence-electron chi connectivity index (χ3n) is 2.88. The molecule has 14 heavy (non-hydrogen) atoms. The SMILES string of the molecule is CCc1c(C)ccc2ccc(C)cc12. The van der Waals surface area contributed by atoms with Gasteiger partial charge >= 0.3 is 0 Å². The summed E-state index contributed by atoms with van der Waals surface area (Å²) in [6.07, 6.45) is 1.12. The van der Waals surface area contributed by atoms with Crippen LogP contribution in [0.2, 0.25) is 0 Å². The third-order valence-corrected chi connectivity index (χ3v) is 2.88. The average Bonchev–Trinajstić information content (AvgIpc) is 2.17. The summed E-state index contributed by atoms with van der Waals surface area (Å²) in [4.78, 5) is 0. The van der Waals surface area contributed by atoms with Gasteiger partial charge in [0.1, 0.15) is 0 Å². The van der Waals surface area contributed by atoms with E-state index in [4.69, 9.17) is 0 Å². The molecule has 2 rings (SSSR count). The second-order valence-corrected chi connectivity index (χ2v) is 3.94. The minimum atomic E-state index is 1.12. The predicted octanol–water partition coefficient (Wildman–Crippen LogP) is 4.02. The lowest BCUT2D eigenvalue weighted by Gasteiger charge is -2.08. The first-order valence-electron chi connectivity index (χ1n) is 5.21. The molecule has 0 amide bonds. The zero-order valence-electron chi connectivity index (χ0n) is 9.09. The highest BCUT2D eigenvalue weighted by Crippen LogP contribution is 2.23. The van der Waals surface area contributed by atoms with Gasteiger partial charge in [-0.3, -0.25) is 0 Å². The van der Waals surface area contributed by atoms with Gasteiger partial charge in [0.2, 0.25) is 0 Å². The lowest BCUT2D eigenvalue weighted by molar-refractivity contribution is 1.13. The number of hydrogen-bond acceptors (Lipinski definition) is 0. The fourth-order valence-corrected chi connectivity index (χ4v) is 2.07. The Morgan fingerprint density at radius 1 is 1.00 bits per heavy atom. The van der Waals surface area contributed by atoms with Crippen molar-refractivity contribution < 1.29 is 0 Å². The minimum Gasteiger partial charge on any atom is -0.0613 e. The van der Waals surface area contributed by atoms with E-state index in [2.05, 4.69) is 51.1 Å². The summed E-state index contributed by atoms with van der Waals surface area (Å²) in [5.74, 6) is 0. The second-order valence-electron chi connectivity index (χ2n) is 3.94. The summed E-state index contributed by atoms with van der Waals surface area (Å²) < 4.78 is 0. The van der Waals surface area contributed by atoms with Crippen molar-refractivity contribution >= 4 is 10.8 Å². The minimum absolute atomic E-state index is 1.12. The van der Waals surface area contributed by atoms with E-state index in [0.29, 0.717) is 0 Å². The van der Waals surface area contributed by atoms with Crippen LogP contribution in [-0.4, -0.2) is 0 Å². The van der Waals surface area contributed by atoms with Crippen molar-refractivity contribution in [1.29, 1.82) is 0 Å². The molecule has 72 valence electrons. The molecule has 2 aromatic carbocycles. The van der Waals surface area contributed by atoms with Crippen LogP contribution >= 0.6 is 0 Å². The van der Waals surface area contributed by atoms with Crippen LogP contribution in [0.4, 0.5) is 0 Å². The lowest BCUT2D eigenvalue weighted by atomic mass is 9.97. The highest BCUT2D eigenvalue weighted by atomic mass is 14.1. The van der Waals surface area contributed by atoms with Crippen LogP contribution < -0.4 is 0 Å². The van der Waals surface area contributed by atoms with Crippen molar-refractivity contribution in [1.82, 2.24) is 0 Å². The molecule has 0 bridgehead atoms. The Kier molecular flexibility index (Phi) is 2.28. The number of benzene rings is 2. The molecule has 0 nitrogen and oxygen atoms in total. The van der Waals surface area contributed by atoms with Gasteiger partial charge in [0, 0.05) is 0 Å². The number of fused-ring (bicyclic) bond motifs is 1. The lowest BCUT2D eigenvalue weighted by Crippen LogP contribution is -1.89. The molecule has 0 heteroatoms. The Bertz CT molecular complexity index is 461. The molecule has 0 aliphatic carbocycles.